The van der Waals surface area contributed by atoms with Crippen molar-refractivity contribution < 1.29 is 33.3 Å². The number of aliphatic hydroxyl groups excluding tert-OH is 1. The van der Waals surface area contributed by atoms with Crippen molar-refractivity contribution in [1.82, 2.24) is 0 Å². The average molecular weight is 353 g/mol. The van der Waals surface area contributed by atoms with Crippen LogP contribution < -0.4 is 4.74 Å². The Bertz CT molecular complexity index is 507. The van der Waals surface area contributed by atoms with E-state index in [1.165, 1.54) is 12.1 Å². The number of hydrogen-bond donors (Lipinski definition) is 2. The summed E-state index contributed by atoms with van der Waals surface area (Å²) in [5.74, 6) is -2.65. The molecular weight excluding hydrogens is 342 g/mol. The predicted molar refractivity (Wildman–Crippen MR) is 68.4 cm³/mol. The smallest absolute Gasteiger partial charge is 0.387 e. The van der Waals surface area contributed by atoms with Crippen LogP contribution in [0.15, 0.2) is 18.2 Å². The van der Waals surface area contributed by atoms with E-state index >= 15 is 0 Å². The van der Waals surface area contributed by atoms with E-state index in [4.69, 9.17) is 5.11 Å². The van der Waals surface area contributed by atoms with Crippen molar-refractivity contribution in [1.29, 1.82) is 0 Å². The van der Waals surface area contributed by atoms with Crippen molar-refractivity contribution in [2.75, 3.05) is 5.33 Å². The van der Waals surface area contributed by atoms with Crippen LogP contribution in [0.4, 0.5) is 8.78 Å². The molecule has 5 nitrogen and oxygen atoms in total. The van der Waals surface area contributed by atoms with Crippen LogP contribution >= 0.6 is 15.9 Å². The lowest BCUT2D eigenvalue weighted by atomic mass is 9.97. The second-order valence-electron chi connectivity index (χ2n) is 3.70. The van der Waals surface area contributed by atoms with E-state index in [9.17, 15) is 23.5 Å². The maximum Gasteiger partial charge on any atom is 0.387 e. The van der Waals surface area contributed by atoms with Crippen molar-refractivity contribution in [3.05, 3.63) is 29.3 Å². The molecule has 0 aliphatic carbocycles. The Morgan fingerprint density at radius 2 is 2.00 bits per heavy atom. The molecule has 1 aromatic rings. The fraction of sp³-hybridized carbons (Fsp3) is 0.333. The molecule has 0 fully saturated rings. The number of hydrogen-bond acceptors (Lipinski definition) is 4. The minimum Gasteiger partial charge on any atom is -0.479 e. The normalized spacial score (nSPS) is 12.2. The Balaban J connectivity index is 3.35. The maximum atomic E-state index is 12.3. The van der Waals surface area contributed by atoms with E-state index in [2.05, 4.69) is 20.7 Å². The highest BCUT2D eigenvalue weighted by Gasteiger charge is 2.26. The first-order valence-electron chi connectivity index (χ1n) is 5.46. The van der Waals surface area contributed by atoms with Crippen molar-refractivity contribution >= 4 is 27.7 Å². The predicted octanol–water partition coefficient (Wildman–Crippen LogP) is 2.37. The van der Waals surface area contributed by atoms with Gasteiger partial charge in [0.1, 0.15) is 5.75 Å². The zero-order valence-corrected chi connectivity index (χ0v) is 11.6. The first kappa shape index (κ1) is 16.5. The van der Waals surface area contributed by atoms with Crippen molar-refractivity contribution in [2.24, 2.45) is 0 Å². The van der Waals surface area contributed by atoms with Gasteiger partial charge in [0.05, 0.1) is 5.56 Å². The summed E-state index contributed by atoms with van der Waals surface area (Å²) in [4.78, 5) is 22.7. The molecule has 0 amide bonds. The Hall–Kier alpha value is -1.54. The molecule has 20 heavy (non-hydrogen) atoms. The Morgan fingerprint density at radius 3 is 2.50 bits per heavy atom. The highest BCUT2D eigenvalue weighted by Crippen LogP contribution is 2.30. The number of carbonyl (C=O) groups is 2. The molecule has 110 valence electrons. The number of aliphatic hydroxyl groups is 1. The Morgan fingerprint density at radius 1 is 1.35 bits per heavy atom. The van der Waals surface area contributed by atoms with Gasteiger partial charge in [-0.25, -0.2) is 4.79 Å². The summed E-state index contributed by atoms with van der Waals surface area (Å²) in [7, 11) is 0. The van der Waals surface area contributed by atoms with E-state index < -0.39 is 30.2 Å². The molecule has 0 aliphatic heterocycles. The average Bonchev–Trinajstić information content (AvgIpc) is 2.36. The molecule has 0 saturated carbocycles. The van der Waals surface area contributed by atoms with Crippen LogP contribution in [-0.4, -0.2) is 33.9 Å². The fourth-order valence-corrected chi connectivity index (χ4v) is 1.97. The molecule has 1 atom stereocenters. The number of alkyl halides is 3. The van der Waals surface area contributed by atoms with E-state index in [1.54, 1.807) is 0 Å². The molecule has 1 aromatic carbocycles. The molecule has 0 aromatic heterocycles. The molecule has 2 N–H and O–H groups in total. The monoisotopic (exact) mass is 352 g/mol. The molecule has 0 radical (unpaired) electrons. The molecular formula is C12H11BrF2O5. The van der Waals surface area contributed by atoms with E-state index in [0.717, 1.165) is 6.07 Å². The maximum absolute atomic E-state index is 12.3. The zero-order valence-electron chi connectivity index (χ0n) is 10.1. The minimum atomic E-state index is -3.16. The summed E-state index contributed by atoms with van der Waals surface area (Å²) >= 11 is 3.02. The molecule has 0 aliphatic rings. The number of Topliss-reactive ketones (excluding diaryl/α,β-unsaturated/α-hetero) is 1. The van der Waals surface area contributed by atoms with Gasteiger partial charge in [-0.05, 0) is 6.07 Å². The van der Waals surface area contributed by atoms with Crippen LogP contribution in [0.3, 0.4) is 0 Å². The molecule has 8 heteroatoms. The topological polar surface area (TPSA) is 83.8 Å². The number of halogens is 3. The van der Waals surface area contributed by atoms with Crippen molar-refractivity contribution in [2.45, 2.75) is 19.1 Å². The second-order valence-corrected chi connectivity index (χ2v) is 4.49. The Labute approximate surface area is 121 Å². The van der Waals surface area contributed by atoms with Crippen LogP contribution in [0.25, 0.3) is 0 Å². The third-order valence-corrected chi connectivity index (χ3v) is 2.80. The number of benzene rings is 1. The number of carboxylic acids is 1. The van der Waals surface area contributed by atoms with Crippen LogP contribution in [0, 0.1) is 0 Å². The third kappa shape index (κ3) is 3.97. The van der Waals surface area contributed by atoms with E-state index in [0.29, 0.717) is 0 Å². The van der Waals surface area contributed by atoms with Gasteiger partial charge >= 0.3 is 12.6 Å². The highest BCUT2D eigenvalue weighted by molar-refractivity contribution is 9.09. The van der Waals surface area contributed by atoms with Crippen LogP contribution in [0.2, 0.25) is 0 Å². The lowest BCUT2D eigenvalue weighted by molar-refractivity contribution is -0.146. The van der Waals surface area contributed by atoms with Gasteiger partial charge in [-0.2, -0.15) is 8.78 Å². The summed E-state index contributed by atoms with van der Waals surface area (Å²) in [6.45, 7) is -3.16. The van der Waals surface area contributed by atoms with Gasteiger partial charge in [-0.15, -0.1) is 0 Å². The molecule has 0 spiro atoms. The van der Waals surface area contributed by atoms with Gasteiger partial charge < -0.3 is 14.9 Å². The molecule has 1 unspecified atom stereocenters. The number of carbonyl (C=O) groups excluding carboxylic acids is 1. The largest absolute Gasteiger partial charge is 0.479 e. The van der Waals surface area contributed by atoms with Gasteiger partial charge in [-0.3, -0.25) is 4.79 Å². The number of ether oxygens (including phenoxy) is 1. The summed E-state index contributed by atoms with van der Waals surface area (Å²) < 4.78 is 28.8. The SMILES string of the molecule is O=C(CCBr)c1c(OC(F)F)cccc1C(O)C(=O)O. The van der Waals surface area contributed by atoms with Gasteiger partial charge in [0.25, 0.3) is 0 Å². The summed E-state index contributed by atoms with van der Waals surface area (Å²) in [5, 5.41) is 18.6. The van der Waals surface area contributed by atoms with E-state index in [1.807, 2.05) is 0 Å². The standard InChI is InChI=1S/C12H11BrF2O5/c13-5-4-7(16)9-6(10(17)11(18)19)2-1-3-8(9)20-12(14)15/h1-3,10,12,17H,4-5H2,(H,18,19). The Kier molecular flexibility index (Phi) is 6.03. The number of aliphatic carboxylic acids is 1. The molecule has 0 heterocycles. The van der Waals surface area contributed by atoms with E-state index in [-0.39, 0.29) is 22.9 Å². The first-order chi connectivity index (χ1) is 9.38. The van der Waals surface area contributed by atoms with Gasteiger partial charge in [0.15, 0.2) is 11.9 Å². The third-order valence-electron chi connectivity index (χ3n) is 2.40. The molecule has 0 bridgehead atoms. The second kappa shape index (κ2) is 7.30. The first-order valence-corrected chi connectivity index (χ1v) is 6.58. The minimum absolute atomic E-state index is 0.0526. The number of ketones is 1. The quantitative estimate of drug-likeness (QED) is 0.581. The summed E-state index contributed by atoms with van der Waals surface area (Å²) in [6, 6.07) is 3.52. The lowest BCUT2D eigenvalue weighted by Gasteiger charge is -2.15. The van der Waals surface area contributed by atoms with Gasteiger partial charge in [-0.1, -0.05) is 28.1 Å². The highest BCUT2D eigenvalue weighted by atomic mass is 79.9. The summed E-state index contributed by atoms with van der Waals surface area (Å²) in [6.07, 6.45) is -2.05. The lowest BCUT2D eigenvalue weighted by Crippen LogP contribution is -2.17. The number of rotatable bonds is 7. The molecule has 1 rings (SSSR count). The number of carboxylic acid groups (broad SMARTS) is 1. The zero-order chi connectivity index (χ0) is 15.3. The van der Waals surface area contributed by atoms with Gasteiger partial charge in [0.2, 0.25) is 0 Å². The summed E-state index contributed by atoms with van der Waals surface area (Å²) in [5.41, 5.74) is -0.622. The fourth-order valence-electron chi connectivity index (χ4n) is 1.61. The van der Waals surface area contributed by atoms with Crippen LogP contribution in [0.1, 0.15) is 28.4 Å². The van der Waals surface area contributed by atoms with Gasteiger partial charge in [0, 0.05) is 17.3 Å². The van der Waals surface area contributed by atoms with Crippen molar-refractivity contribution in [3.63, 3.8) is 0 Å². The van der Waals surface area contributed by atoms with Crippen LogP contribution in [0.5, 0.6) is 5.75 Å². The van der Waals surface area contributed by atoms with Crippen LogP contribution in [-0.2, 0) is 4.79 Å². The molecule has 0 saturated heterocycles. The van der Waals surface area contributed by atoms with Crippen molar-refractivity contribution in [3.8, 4) is 5.75 Å².